The molecule has 2 spiro atoms. The lowest BCUT2D eigenvalue weighted by molar-refractivity contribution is -0.145. The molecule has 3 heterocycles. The van der Waals surface area contributed by atoms with E-state index in [1.54, 1.807) is 4.90 Å². The number of halogens is 1. The number of alkyl halides is 1. The third kappa shape index (κ3) is 7.94. The van der Waals surface area contributed by atoms with E-state index in [-0.39, 0.29) is 66.1 Å². The van der Waals surface area contributed by atoms with E-state index in [1.165, 1.54) is 6.08 Å². The largest absolute Gasteiger partial charge is 0.343 e. The summed E-state index contributed by atoms with van der Waals surface area (Å²) in [4.78, 5) is 76.6. The highest BCUT2D eigenvalue weighted by molar-refractivity contribution is 7.87. The third-order valence-electron chi connectivity index (χ3n) is 16.7. The normalized spacial score (nSPS) is 33.4. The van der Waals surface area contributed by atoms with Gasteiger partial charge in [-0.2, -0.15) is 12.7 Å². The number of amides is 5. The molecule has 14 nitrogen and oxygen atoms in total. The van der Waals surface area contributed by atoms with Gasteiger partial charge in [-0.15, -0.1) is 6.58 Å². The molecule has 5 amide bonds. The number of fused-ring (bicyclic) bond motifs is 1. The highest BCUT2D eigenvalue weighted by Crippen LogP contribution is 2.88. The van der Waals surface area contributed by atoms with Crippen LogP contribution in [0.1, 0.15) is 138 Å². The number of hydrogen-bond donors (Lipinski definition) is 4. The van der Waals surface area contributed by atoms with Crippen molar-refractivity contribution in [1.82, 2.24) is 34.8 Å². The van der Waals surface area contributed by atoms with Crippen molar-refractivity contribution in [2.24, 2.45) is 33.5 Å². The molecule has 0 aromatic rings. The van der Waals surface area contributed by atoms with Crippen LogP contribution >= 0.6 is 0 Å². The molecule has 0 aromatic carbocycles. The molecule has 3 aliphatic heterocycles. The second-order valence-electron chi connectivity index (χ2n) is 21.6. The minimum Gasteiger partial charge on any atom is -0.343 e. The van der Waals surface area contributed by atoms with Crippen molar-refractivity contribution in [3.8, 4) is 0 Å². The molecule has 8 atom stereocenters. The Kier molecular flexibility index (Phi) is 12.4. The predicted molar refractivity (Wildman–Crippen MR) is 229 cm³/mol. The first kappa shape index (κ1) is 45.9. The van der Waals surface area contributed by atoms with Crippen LogP contribution in [0.5, 0.6) is 0 Å². The van der Waals surface area contributed by atoms with E-state index in [0.717, 1.165) is 75.1 Å². The van der Waals surface area contributed by atoms with E-state index in [4.69, 9.17) is 0 Å². The van der Waals surface area contributed by atoms with Crippen LogP contribution in [-0.4, -0.2) is 120 Å². The molecular weight excluding hydrogens is 802 g/mol. The lowest BCUT2D eigenvalue weighted by Crippen LogP contribution is -2.63. The van der Waals surface area contributed by atoms with E-state index in [0.29, 0.717) is 19.4 Å². The molecule has 3 saturated heterocycles. The smallest absolute Gasteiger partial charge is 0.303 e. The van der Waals surface area contributed by atoms with Crippen molar-refractivity contribution in [2.45, 2.75) is 180 Å². The number of nitrogens with zero attached hydrogens (tertiary/aromatic N) is 3. The van der Waals surface area contributed by atoms with Crippen molar-refractivity contribution in [3.05, 3.63) is 12.7 Å². The third-order valence-corrected chi connectivity index (χ3v) is 18.2. The van der Waals surface area contributed by atoms with Gasteiger partial charge in [-0.1, -0.05) is 72.8 Å². The summed E-state index contributed by atoms with van der Waals surface area (Å²) in [5.41, 5.74) is -3.03. The van der Waals surface area contributed by atoms with Crippen LogP contribution in [0.15, 0.2) is 12.7 Å². The van der Waals surface area contributed by atoms with Crippen LogP contribution in [0.2, 0.25) is 0 Å². The van der Waals surface area contributed by atoms with Gasteiger partial charge in [0.15, 0.2) is 0 Å². The van der Waals surface area contributed by atoms with Crippen molar-refractivity contribution in [1.29, 1.82) is 0 Å². The molecule has 0 bridgehead atoms. The zero-order chi connectivity index (χ0) is 44.5. The van der Waals surface area contributed by atoms with Gasteiger partial charge in [0.25, 0.3) is 5.91 Å². The number of rotatable bonds is 13. The fourth-order valence-corrected chi connectivity index (χ4v) is 13.8. The Hall–Kier alpha value is -3.11. The Balaban J connectivity index is 1.15. The SMILES string of the molecule is C=C[C@@H]1C[C@]1(NC(=O)[C@@H]1C[C@@]2(CN1C(=O)[C@@H](NC(=O)[C@@H](NC(=O)[C@@H]1CCCCN1C(C)C)C1CCCCC1)C(C)(C)C)C(C)(C)C21CCC1)C(=O)NS(=O)(=O)N1CC[C@H](F)C1. The van der Waals surface area contributed by atoms with E-state index < -0.39 is 75.0 Å². The first-order valence-electron chi connectivity index (χ1n) is 23.1. The number of carbonyl (C=O) groups is 5. The van der Waals surface area contributed by atoms with Crippen molar-refractivity contribution < 1.29 is 36.8 Å². The summed E-state index contributed by atoms with van der Waals surface area (Å²) in [5.74, 6) is -3.13. The summed E-state index contributed by atoms with van der Waals surface area (Å²) in [5, 5.41) is 9.23. The standard InChI is InChI=1S/C45H72FN7O7S/c1-9-30-24-45(30,40(58)50-61(59,60)51-23-19-31(46)26-51)49-37(55)33-25-44(42(7,8)43(44)20-15-21-43)27-53(33)39(57)35(41(4,5)6)48-38(56)34(29-16-11-10-12-17-29)47-36(54)32-18-13-14-22-52(32)28(2)3/h9,28-35H,1,10-27H2,2-8H3,(H,47,54)(H,48,56)(H,49,55)(H,50,58)/t30-,31+,32+,33+,34+,35-,44-,45-/m1/s1. The van der Waals surface area contributed by atoms with Crippen LogP contribution in [0.25, 0.3) is 0 Å². The minimum atomic E-state index is -4.38. The van der Waals surface area contributed by atoms with Gasteiger partial charge in [-0.05, 0) is 100 Å². The van der Waals surface area contributed by atoms with Crippen LogP contribution in [0.4, 0.5) is 4.39 Å². The maximum atomic E-state index is 15.3. The summed E-state index contributed by atoms with van der Waals surface area (Å²) in [6, 6.07) is -3.06. The number of likely N-dealkylation sites (tertiary alicyclic amines) is 2. The van der Waals surface area contributed by atoms with E-state index in [9.17, 15) is 32.0 Å². The summed E-state index contributed by atoms with van der Waals surface area (Å²) in [7, 11) is -4.38. The molecule has 16 heteroatoms. The first-order chi connectivity index (χ1) is 28.6. The zero-order valence-corrected chi connectivity index (χ0v) is 38.4. The Morgan fingerprint density at radius 2 is 1.51 bits per heavy atom. The summed E-state index contributed by atoms with van der Waals surface area (Å²) >= 11 is 0. The van der Waals surface area contributed by atoms with E-state index >= 15 is 4.79 Å². The quantitative estimate of drug-likeness (QED) is 0.200. The molecule has 4 saturated carbocycles. The van der Waals surface area contributed by atoms with Gasteiger partial charge in [-0.3, -0.25) is 28.9 Å². The highest BCUT2D eigenvalue weighted by Gasteiger charge is 2.85. The van der Waals surface area contributed by atoms with E-state index in [1.807, 2.05) is 20.8 Å². The average molecular weight is 874 g/mol. The predicted octanol–water partition coefficient (Wildman–Crippen LogP) is 4.11. The maximum absolute atomic E-state index is 15.3. The Labute approximate surface area is 362 Å². The van der Waals surface area contributed by atoms with Crippen LogP contribution in [-0.2, 0) is 34.2 Å². The van der Waals surface area contributed by atoms with Gasteiger partial charge in [0, 0.05) is 37.0 Å². The monoisotopic (exact) mass is 874 g/mol. The van der Waals surface area contributed by atoms with Crippen molar-refractivity contribution >= 4 is 39.7 Å². The number of nitrogens with one attached hydrogen (secondary N) is 4. The fraction of sp³-hybridized carbons (Fsp3) is 0.844. The van der Waals surface area contributed by atoms with Gasteiger partial charge in [0.05, 0.1) is 6.04 Å². The zero-order valence-electron chi connectivity index (χ0n) is 37.6. The summed E-state index contributed by atoms with van der Waals surface area (Å²) in [6.07, 6.45) is 10.9. The van der Waals surface area contributed by atoms with Crippen molar-refractivity contribution in [2.75, 3.05) is 26.2 Å². The van der Waals surface area contributed by atoms with E-state index in [2.05, 4.69) is 59.8 Å². The topological polar surface area (TPSA) is 177 Å². The maximum Gasteiger partial charge on any atom is 0.303 e. The fourth-order valence-electron chi connectivity index (χ4n) is 12.6. The lowest BCUT2D eigenvalue weighted by atomic mass is 9.73. The van der Waals surface area contributed by atoms with Gasteiger partial charge < -0.3 is 20.9 Å². The molecule has 342 valence electrons. The Bertz CT molecular complexity index is 1880. The molecule has 7 fully saturated rings. The van der Waals surface area contributed by atoms with Crippen LogP contribution in [0.3, 0.4) is 0 Å². The van der Waals surface area contributed by atoms with Gasteiger partial charge in [-0.25, -0.2) is 9.11 Å². The van der Waals surface area contributed by atoms with Gasteiger partial charge in [0.2, 0.25) is 23.6 Å². The number of hydrogen-bond acceptors (Lipinski definition) is 8. The Morgan fingerprint density at radius 1 is 0.836 bits per heavy atom. The summed E-state index contributed by atoms with van der Waals surface area (Å²) in [6.45, 7) is 18.7. The number of piperidine rings is 1. The molecule has 4 N–H and O–H groups in total. The molecule has 7 aliphatic rings. The molecule has 7 rings (SSSR count). The molecule has 61 heavy (non-hydrogen) atoms. The molecule has 0 radical (unpaired) electrons. The molecular formula is C45H72FN7O7S. The molecule has 0 unspecified atom stereocenters. The Morgan fingerprint density at radius 3 is 2.05 bits per heavy atom. The lowest BCUT2D eigenvalue weighted by Gasteiger charge is -2.40. The van der Waals surface area contributed by atoms with Gasteiger partial charge >= 0.3 is 10.2 Å². The molecule has 4 aliphatic carbocycles. The summed E-state index contributed by atoms with van der Waals surface area (Å²) < 4.78 is 43.3. The van der Waals surface area contributed by atoms with Crippen LogP contribution in [0, 0.1) is 33.5 Å². The second-order valence-corrected chi connectivity index (χ2v) is 23.2. The second kappa shape index (κ2) is 16.5. The first-order valence-corrected chi connectivity index (χ1v) is 24.6. The van der Waals surface area contributed by atoms with Crippen LogP contribution < -0.4 is 20.7 Å². The highest BCUT2D eigenvalue weighted by atomic mass is 32.2. The average Bonchev–Trinajstić information content (AvgIpc) is 3.73. The van der Waals surface area contributed by atoms with Crippen molar-refractivity contribution in [3.63, 3.8) is 0 Å². The minimum absolute atomic E-state index is 0.0286. The molecule has 0 aromatic heterocycles. The van der Waals surface area contributed by atoms with Gasteiger partial charge in [0.1, 0.15) is 29.8 Å². The number of carbonyl (C=O) groups excluding carboxylic acids is 5.